The monoisotopic (exact) mass is 356 g/mol. The van der Waals surface area contributed by atoms with Gasteiger partial charge < -0.3 is 10.2 Å². The Morgan fingerprint density at radius 1 is 1.04 bits per heavy atom. The van der Waals surface area contributed by atoms with Crippen LogP contribution in [0, 0.1) is 0 Å². The normalized spacial score (nSPS) is 23.4. The molecule has 4 rings (SSSR count). The lowest BCUT2D eigenvalue weighted by molar-refractivity contribution is 0.298. The van der Waals surface area contributed by atoms with E-state index in [1.165, 1.54) is 5.56 Å². The summed E-state index contributed by atoms with van der Waals surface area (Å²) in [7, 11) is -3.46. The first kappa shape index (κ1) is 16.6. The van der Waals surface area contributed by atoms with Crippen LogP contribution in [0.1, 0.15) is 31.2 Å². The van der Waals surface area contributed by atoms with Gasteiger partial charge in [-0.1, -0.05) is 25.1 Å². The van der Waals surface area contributed by atoms with E-state index in [1.54, 1.807) is 30.3 Å². The minimum Gasteiger partial charge on any atom is -0.381 e. The molecular weight excluding hydrogens is 332 g/mol. The zero-order chi connectivity index (χ0) is 17.4. The summed E-state index contributed by atoms with van der Waals surface area (Å²) in [5.41, 5.74) is 2.27. The van der Waals surface area contributed by atoms with Crippen LogP contribution in [-0.2, 0) is 9.84 Å². The van der Waals surface area contributed by atoms with Crippen molar-refractivity contribution in [3.63, 3.8) is 0 Å². The average Bonchev–Trinajstić information content (AvgIpc) is 2.86. The molecule has 0 unspecified atom stereocenters. The summed E-state index contributed by atoms with van der Waals surface area (Å²) in [4.78, 5) is 3.23. The molecule has 2 aromatic rings. The third-order valence-corrected chi connectivity index (χ3v) is 7.34. The van der Waals surface area contributed by atoms with Crippen LogP contribution in [0.15, 0.2) is 58.3 Å². The van der Waals surface area contributed by atoms with Crippen LogP contribution in [0.25, 0.3) is 0 Å². The zero-order valence-electron chi connectivity index (χ0n) is 14.5. The van der Waals surface area contributed by atoms with E-state index < -0.39 is 9.84 Å². The van der Waals surface area contributed by atoms with Crippen LogP contribution in [0.4, 0.5) is 5.69 Å². The highest BCUT2D eigenvalue weighted by atomic mass is 32.2. The molecule has 5 heteroatoms. The second-order valence-electron chi connectivity index (χ2n) is 6.93. The molecule has 0 bridgehead atoms. The van der Waals surface area contributed by atoms with Gasteiger partial charge in [-0.05, 0) is 61.8 Å². The van der Waals surface area contributed by atoms with E-state index in [0.717, 1.165) is 38.2 Å². The van der Waals surface area contributed by atoms with Gasteiger partial charge in [0.25, 0.3) is 0 Å². The van der Waals surface area contributed by atoms with E-state index in [1.807, 2.05) is 18.2 Å². The molecule has 25 heavy (non-hydrogen) atoms. The summed E-state index contributed by atoms with van der Waals surface area (Å²) in [5.74, 6) is 0.400. The molecule has 0 spiro atoms. The zero-order valence-corrected chi connectivity index (χ0v) is 15.3. The fourth-order valence-electron chi connectivity index (χ4n) is 4.10. The van der Waals surface area contributed by atoms with Crippen molar-refractivity contribution in [3.8, 4) is 0 Å². The summed E-state index contributed by atoms with van der Waals surface area (Å²) in [5, 5.41) is 3.62. The molecule has 132 valence electrons. The average molecular weight is 356 g/mol. The molecular formula is C20H24N2O2S. The standard InChI is InChI=1S/C20H24N2O2S/c1-2-22-12-10-17-18-14-16(8-9-19(18)21-20(17)11-13-22)25(23,24)15-6-4-3-5-7-15/h3-9,14,17,20-21H,2,10-13H2,1H3/t17-,20-/m0/s1. The highest BCUT2D eigenvalue weighted by Gasteiger charge is 2.35. The fourth-order valence-corrected chi connectivity index (χ4v) is 5.42. The van der Waals surface area contributed by atoms with Gasteiger partial charge in [-0.3, -0.25) is 0 Å². The van der Waals surface area contributed by atoms with Crippen LogP contribution >= 0.6 is 0 Å². The van der Waals surface area contributed by atoms with Crippen LogP contribution in [-0.4, -0.2) is 39.0 Å². The predicted octanol–water partition coefficient (Wildman–Crippen LogP) is 3.51. The van der Waals surface area contributed by atoms with Gasteiger partial charge in [-0.15, -0.1) is 0 Å². The van der Waals surface area contributed by atoms with Crippen LogP contribution in [0.2, 0.25) is 0 Å². The summed E-state index contributed by atoms with van der Waals surface area (Å²) in [6.45, 7) is 5.46. The fraction of sp³-hybridized carbons (Fsp3) is 0.400. The molecule has 0 aromatic heterocycles. The molecule has 1 N–H and O–H groups in total. The number of fused-ring (bicyclic) bond motifs is 3. The molecule has 0 saturated carbocycles. The topological polar surface area (TPSA) is 49.4 Å². The van der Waals surface area contributed by atoms with Crippen molar-refractivity contribution in [1.29, 1.82) is 0 Å². The molecule has 2 heterocycles. The van der Waals surface area contributed by atoms with Gasteiger partial charge in [0.1, 0.15) is 0 Å². The Hall–Kier alpha value is -1.85. The van der Waals surface area contributed by atoms with E-state index >= 15 is 0 Å². The summed E-state index contributed by atoms with van der Waals surface area (Å²) in [6, 6.07) is 14.7. The van der Waals surface area contributed by atoms with Crippen LogP contribution in [0.3, 0.4) is 0 Å². The molecule has 1 fully saturated rings. The van der Waals surface area contributed by atoms with E-state index in [9.17, 15) is 8.42 Å². The number of likely N-dealkylation sites (tertiary alicyclic amines) is 1. The van der Waals surface area contributed by atoms with Crippen molar-refractivity contribution in [1.82, 2.24) is 4.90 Å². The van der Waals surface area contributed by atoms with Gasteiger partial charge in [0.15, 0.2) is 0 Å². The molecule has 2 aliphatic rings. The highest BCUT2D eigenvalue weighted by molar-refractivity contribution is 7.91. The van der Waals surface area contributed by atoms with Gasteiger partial charge >= 0.3 is 0 Å². The lowest BCUT2D eigenvalue weighted by Crippen LogP contribution is -2.25. The number of anilines is 1. The van der Waals surface area contributed by atoms with E-state index in [4.69, 9.17) is 0 Å². The molecule has 2 aliphatic heterocycles. The maximum absolute atomic E-state index is 12.9. The summed E-state index contributed by atoms with van der Waals surface area (Å²) < 4.78 is 25.9. The van der Waals surface area contributed by atoms with Crippen LogP contribution in [0.5, 0.6) is 0 Å². The molecule has 0 radical (unpaired) electrons. The summed E-state index contributed by atoms with van der Waals surface area (Å²) in [6.07, 6.45) is 2.18. The number of nitrogens with zero attached hydrogens (tertiary/aromatic N) is 1. The molecule has 2 atom stereocenters. The number of benzene rings is 2. The van der Waals surface area contributed by atoms with Gasteiger partial charge in [-0.2, -0.15) is 0 Å². The Morgan fingerprint density at radius 3 is 2.56 bits per heavy atom. The van der Waals surface area contributed by atoms with Crippen molar-refractivity contribution in [2.24, 2.45) is 0 Å². The summed E-state index contributed by atoms with van der Waals surface area (Å²) >= 11 is 0. The second kappa shape index (κ2) is 6.46. The van der Waals surface area contributed by atoms with E-state index in [2.05, 4.69) is 17.1 Å². The Kier molecular flexibility index (Phi) is 4.29. The number of sulfone groups is 1. The SMILES string of the molecule is CCN1CC[C@@H]2Nc3ccc(S(=O)(=O)c4ccccc4)cc3[C@@H]2CC1. The van der Waals surface area contributed by atoms with Crippen molar-refractivity contribution in [2.75, 3.05) is 25.0 Å². The van der Waals surface area contributed by atoms with E-state index in [0.29, 0.717) is 21.8 Å². The van der Waals surface area contributed by atoms with Crippen molar-refractivity contribution >= 4 is 15.5 Å². The van der Waals surface area contributed by atoms with E-state index in [-0.39, 0.29) is 0 Å². The van der Waals surface area contributed by atoms with Crippen molar-refractivity contribution in [3.05, 3.63) is 54.1 Å². The van der Waals surface area contributed by atoms with Gasteiger partial charge in [0, 0.05) is 24.2 Å². The first-order valence-corrected chi connectivity index (χ1v) is 10.5. The van der Waals surface area contributed by atoms with Gasteiger partial charge in [-0.25, -0.2) is 8.42 Å². The highest BCUT2D eigenvalue weighted by Crippen LogP contribution is 2.42. The molecule has 1 saturated heterocycles. The maximum atomic E-state index is 12.9. The minimum absolute atomic E-state index is 0.357. The Labute approximate surface area is 149 Å². The van der Waals surface area contributed by atoms with Gasteiger partial charge in [0.05, 0.1) is 9.79 Å². The number of hydrogen-bond donors (Lipinski definition) is 1. The van der Waals surface area contributed by atoms with Crippen molar-refractivity contribution < 1.29 is 8.42 Å². The quantitative estimate of drug-likeness (QED) is 0.914. The minimum atomic E-state index is -3.46. The van der Waals surface area contributed by atoms with Gasteiger partial charge in [0.2, 0.25) is 9.84 Å². The predicted molar refractivity (Wildman–Crippen MR) is 99.8 cm³/mol. The first-order chi connectivity index (χ1) is 12.1. The van der Waals surface area contributed by atoms with Crippen LogP contribution < -0.4 is 5.32 Å². The Bertz CT molecular complexity index is 865. The lowest BCUT2D eigenvalue weighted by Gasteiger charge is -2.17. The molecule has 4 nitrogen and oxygen atoms in total. The number of rotatable bonds is 3. The number of nitrogens with one attached hydrogen (secondary N) is 1. The maximum Gasteiger partial charge on any atom is 0.206 e. The first-order valence-electron chi connectivity index (χ1n) is 9.02. The lowest BCUT2D eigenvalue weighted by atomic mass is 9.91. The molecule has 0 aliphatic carbocycles. The van der Waals surface area contributed by atoms with Crippen molar-refractivity contribution in [2.45, 2.75) is 41.5 Å². The molecule has 2 aromatic carbocycles. The largest absolute Gasteiger partial charge is 0.381 e. The Balaban J connectivity index is 1.69. The smallest absolute Gasteiger partial charge is 0.206 e. The third-order valence-electron chi connectivity index (χ3n) is 5.57. The number of hydrogen-bond acceptors (Lipinski definition) is 4. The Morgan fingerprint density at radius 2 is 1.80 bits per heavy atom. The molecule has 0 amide bonds. The second-order valence-corrected chi connectivity index (χ2v) is 8.88. The third kappa shape index (κ3) is 2.96.